The van der Waals surface area contributed by atoms with Gasteiger partial charge in [0.2, 0.25) is 5.91 Å². The first-order chi connectivity index (χ1) is 17.0. The topological polar surface area (TPSA) is 88.3 Å². The number of halogens is 1. The van der Waals surface area contributed by atoms with Gasteiger partial charge in [-0.1, -0.05) is 24.3 Å². The van der Waals surface area contributed by atoms with E-state index in [4.69, 9.17) is 4.42 Å². The fourth-order valence-electron chi connectivity index (χ4n) is 4.15. The number of rotatable bonds is 6. The highest BCUT2D eigenvalue weighted by Crippen LogP contribution is 2.31. The largest absolute Gasteiger partial charge is 0.444 e. The summed E-state index contributed by atoms with van der Waals surface area (Å²) in [6, 6.07) is 13.4. The monoisotopic (exact) mass is 490 g/mol. The Bertz CT molecular complexity index is 1310. The number of amides is 2. The minimum atomic E-state index is -0.307. The maximum absolute atomic E-state index is 13.1. The summed E-state index contributed by atoms with van der Waals surface area (Å²) in [6.45, 7) is 1.28. The number of nitrogens with one attached hydrogen (secondary N) is 1. The normalized spacial score (nSPS) is 14.1. The summed E-state index contributed by atoms with van der Waals surface area (Å²) in [6.07, 6.45) is 4.84. The van der Waals surface area contributed by atoms with E-state index in [0.29, 0.717) is 30.2 Å². The summed E-state index contributed by atoms with van der Waals surface area (Å²) in [5, 5.41) is 5.58. The third kappa shape index (κ3) is 5.46. The lowest BCUT2D eigenvalue weighted by Crippen LogP contribution is -2.38. The number of carbonyl (C=O) groups is 2. The molecule has 5 rings (SSSR count). The lowest BCUT2D eigenvalue weighted by atomic mass is 9.97. The number of thiazole rings is 1. The van der Waals surface area contributed by atoms with Crippen molar-refractivity contribution in [1.82, 2.24) is 14.9 Å². The van der Waals surface area contributed by atoms with Gasteiger partial charge in [0.15, 0.2) is 12.2 Å². The zero-order valence-corrected chi connectivity index (χ0v) is 19.6. The number of oxazole rings is 1. The molecule has 1 saturated heterocycles. The molecule has 0 radical (unpaired) electrons. The second-order valence-corrected chi connectivity index (χ2v) is 9.32. The van der Waals surface area contributed by atoms with E-state index in [-0.39, 0.29) is 30.0 Å². The van der Waals surface area contributed by atoms with Crippen LogP contribution in [0.25, 0.3) is 11.3 Å². The van der Waals surface area contributed by atoms with E-state index >= 15 is 0 Å². The van der Waals surface area contributed by atoms with Crippen LogP contribution in [-0.4, -0.2) is 39.8 Å². The van der Waals surface area contributed by atoms with E-state index < -0.39 is 0 Å². The molecular weight excluding hydrogens is 467 g/mol. The SMILES string of the molecule is O=C(Nc1cccc(-c2cnco2)c1)c1csc(C2CCN(C(=O)Cc3ccc(F)cc3)CC2)n1. The molecule has 7 nitrogen and oxygen atoms in total. The molecule has 0 aliphatic carbocycles. The van der Waals surface area contributed by atoms with Crippen LogP contribution in [0, 0.1) is 5.82 Å². The third-order valence-electron chi connectivity index (χ3n) is 6.06. The number of hydrogen-bond acceptors (Lipinski definition) is 6. The molecule has 0 saturated carbocycles. The van der Waals surface area contributed by atoms with Crippen LogP contribution in [0.5, 0.6) is 0 Å². The zero-order chi connectivity index (χ0) is 24.2. The second kappa shape index (κ2) is 10.2. The summed E-state index contributed by atoms with van der Waals surface area (Å²) in [5.41, 5.74) is 2.65. The van der Waals surface area contributed by atoms with Crippen LogP contribution in [-0.2, 0) is 11.2 Å². The molecule has 178 valence electrons. The number of likely N-dealkylation sites (tertiary alicyclic amines) is 1. The Morgan fingerprint density at radius 1 is 1.14 bits per heavy atom. The number of nitrogens with zero attached hydrogens (tertiary/aromatic N) is 3. The smallest absolute Gasteiger partial charge is 0.275 e. The highest BCUT2D eigenvalue weighted by molar-refractivity contribution is 7.10. The van der Waals surface area contributed by atoms with E-state index in [9.17, 15) is 14.0 Å². The summed E-state index contributed by atoms with van der Waals surface area (Å²) >= 11 is 1.48. The molecule has 1 N–H and O–H groups in total. The zero-order valence-electron chi connectivity index (χ0n) is 18.8. The minimum absolute atomic E-state index is 0.0434. The maximum Gasteiger partial charge on any atom is 0.275 e. The van der Waals surface area contributed by atoms with Crippen molar-refractivity contribution in [2.45, 2.75) is 25.2 Å². The highest BCUT2D eigenvalue weighted by atomic mass is 32.1. The molecule has 1 fully saturated rings. The molecule has 0 atom stereocenters. The van der Waals surface area contributed by atoms with Gasteiger partial charge >= 0.3 is 0 Å². The van der Waals surface area contributed by atoms with Crippen LogP contribution in [0.4, 0.5) is 10.1 Å². The molecule has 0 unspecified atom stereocenters. The summed E-state index contributed by atoms with van der Waals surface area (Å²) in [4.78, 5) is 35.7. The quantitative estimate of drug-likeness (QED) is 0.404. The molecule has 3 heterocycles. The van der Waals surface area contributed by atoms with Crippen molar-refractivity contribution in [3.05, 3.63) is 88.6 Å². The van der Waals surface area contributed by atoms with Gasteiger partial charge in [-0.25, -0.2) is 14.4 Å². The predicted octanol–water partition coefficient (Wildman–Crippen LogP) is 5.14. The summed E-state index contributed by atoms with van der Waals surface area (Å²) in [7, 11) is 0. The lowest BCUT2D eigenvalue weighted by molar-refractivity contribution is -0.131. The van der Waals surface area contributed by atoms with Crippen LogP contribution >= 0.6 is 11.3 Å². The number of hydrogen-bond donors (Lipinski definition) is 1. The van der Waals surface area contributed by atoms with Gasteiger partial charge in [0.05, 0.1) is 17.6 Å². The fraction of sp³-hybridized carbons (Fsp3) is 0.231. The number of anilines is 1. The average Bonchev–Trinajstić information content (AvgIpc) is 3.59. The molecule has 4 aromatic rings. The Morgan fingerprint density at radius 2 is 1.94 bits per heavy atom. The van der Waals surface area contributed by atoms with Crippen LogP contribution in [0.1, 0.15) is 39.8 Å². The highest BCUT2D eigenvalue weighted by Gasteiger charge is 2.26. The first kappa shape index (κ1) is 22.9. The number of piperidine rings is 1. The predicted molar refractivity (Wildman–Crippen MR) is 131 cm³/mol. The Labute approximate surface area is 205 Å². The molecule has 9 heteroatoms. The number of aromatic nitrogens is 2. The minimum Gasteiger partial charge on any atom is -0.444 e. The summed E-state index contributed by atoms with van der Waals surface area (Å²) < 4.78 is 18.4. The second-order valence-electron chi connectivity index (χ2n) is 8.43. The van der Waals surface area contributed by atoms with Gasteiger partial charge in [0, 0.05) is 35.6 Å². The van der Waals surface area contributed by atoms with Crippen molar-refractivity contribution in [1.29, 1.82) is 0 Å². The number of carbonyl (C=O) groups excluding carboxylic acids is 2. The van der Waals surface area contributed by atoms with Gasteiger partial charge in [0.1, 0.15) is 11.5 Å². The molecule has 0 bridgehead atoms. The average molecular weight is 491 g/mol. The van der Waals surface area contributed by atoms with Gasteiger partial charge in [-0.2, -0.15) is 0 Å². The molecule has 2 aromatic carbocycles. The standard InChI is InChI=1S/C26H23FN4O3S/c27-20-6-4-17(5-7-20)12-24(32)31-10-8-18(9-11-31)26-30-22(15-35-26)25(33)29-21-3-1-2-19(13-21)23-14-28-16-34-23/h1-7,13-16,18H,8-12H2,(H,29,33). The van der Waals surface area contributed by atoms with E-state index in [2.05, 4.69) is 15.3 Å². The van der Waals surface area contributed by atoms with Crippen molar-refractivity contribution in [2.24, 2.45) is 0 Å². The number of benzene rings is 2. The third-order valence-corrected chi connectivity index (χ3v) is 7.06. The summed E-state index contributed by atoms with van der Waals surface area (Å²) in [5.74, 6) is 0.306. The van der Waals surface area contributed by atoms with Gasteiger partial charge in [-0.15, -0.1) is 11.3 Å². The van der Waals surface area contributed by atoms with Crippen molar-refractivity contribution >= 4 is 28.8 Å². The van der Waals surface area contributed by atoms with Crippen molar-refractivity contribution in [2.75, 3.05) is 18.4 Å². The first-order valence-corrected chi connectivity index (χ1v) is 12.2. The fourth-order valence-corrected chi connectivity index (χ4v) is 5.12. The Hall–Kier alpha value is -3.85. The van der Waals surface area contributed by atoms with Gasteiger partial charge < -0.3 is 14.6 Å². The maximum atomic E-state index is 13.1. The van der Waals surface area contributed by atoms with Crippen LogP contribution in [0.2, 0.25) is 0 Å². The van der Waals surface area contributed by atoms with Crippen LogP contribution in [0.3, 0.4) is 0 Å². The molecular formula is C26H23FN4O3S. The molecule has 2 amide bonds. The molecule has 1 aliphatic heterocycles. The Kier molecular flexibility index (Phi) is 6.67. The van der Waals surface area contributed by atoms with Crippen LogP contribution < -0.4 is 5.32 Å². The van der Waals surface area contributed by atoms with Gasteiger partial charge in [-0.3, -0.25) is 9.59 Å². The van der Waals surface area contributed by atoms with Crippen LogP contribution in [0.15, 0.2) is 70.9 Å². The Balaban J connectivity index is 1.16. The van der Waals surface area contributed by atoms with Crippen molar-refractivity contribution < 1.29 is 18.4 Å². The van der Waals surface area contributed by atoms with Gasteiger partial charge in [0.25, 0.3) is 5.91 Å². The molecule has 0 spiro atoms. The lowest BCUT2D eigenvalue weighted by Gasteiger charge is -2.31. The molecule has 35 heavy (non-hydrogen) atoms. The first-order valence-electron chi connectivity index (χ1n) is 11.3. The van der Waals surface area contributed by atoms with Crippen molar-refractivity contribution in [3.8, 4) is 11.3 Å². The van der Waals surface area contributed by atoms with Gasteiger partial charge in [-0.05, 0) is 42.7 Å². The van der Waals surface area contributed by atoms with E-state index in [1.807, 2.05) is 29.2 Å². The molecule has 2 aromatic heterocycles. The van der Waals surface area contributed by atoms with E-state index in [1.54, 1.807) is 23.7 Å². The van der Waals surface area contributed by atoms with E-state index in [1.165, 1.54) is 29.9 Å². The van der Waals surface area contributed by atoms with Crippen molar-refractivity contribution in [3.63, 3.8) is 0 Å². The molecule has 1 aliphatic rings. The van der Waals surface area contributed by atoms with E-state index in [0.717, 1.165) is 29.0 Å². The Morgan fingerprint density at radius 3 is 2.69 bits per heavy atom.